The van der Waals surface area contributed by atoms with Gasteiger partial charge in [0.1, 0.15) is 18.2 Å². The van der Waals surface area contributed by atoms with Crippen LogP contribution in [0.4, 0.5) is 4.79 Å². The van der Waals surface area contributed by atoms with Crippen molar-refractivity contribution in [3.63, 3.8) is 0 Å². The van der Waals surface area contributed by atoms with Crippen molar-refractivity contribution in [2.75, 3.05) is 18.6 Å². The standard InChI is InChI=1S/C11H19N5O3S/c1-16-7-13-15-9(16)3-5-12-11(19)14-8(10(17)18)4-6-20-2/h7-8H,3-6H2,1-2H3,(H,17,18)(H2,12,14,19). The fourth-order valence-electron chi connectivity index (χ4n) is 1.52. The molecular formula is C11H19N5O3S. The molecule has 8 nitrogen and oxygen atoms in total. The molecule has 0 saturated carbocycles. The van der Waals surface area contributed by atoms with E-state index in [2.05, 4.69) is 20.8 Å². The number of carbonyl (C=O) groups excluding carboxylic acids is 1. The first-order valence-electron chi connectivity index (χ1n) is 6.13. The van der Waals surface area contributed by atoms with Gasteiger partial charge in [-0.25, -0.2) is 9.59 Å². The molecule has 1 unspecified atom stereocenters. The second-order valence-corrected chi connectivity index (χ2v) is 5.17. The maximum absolute atomic E-state index is 11.6. The van der Waals surface area contributed by atoms with Gasteiger partial charge in [-0.05, 0) is 18.4 Å². The normalized spacial score (nSPS) is 11.9. The predicted octanol–water partition coefficient (Wildman–Crippen LogP) is -0.137. The van der Waals surface area contributed by atoms with Gasteiger partial charge in [0.25, 0.3) is 0 Å². The molecule has 0 aliphatic carbocycles. The minimum atomic E-state index is -1.03. The average molecular weight is 301 g/mol. The highest BCUT2D eigenvalue weighted by molar-refractivity contribution is 7.98. The summed E-state index contributed by atoms with van der Waals surface area (Å²) in [6.45, 7) is 0.368. The molecule has 0 fully saturated rings. The predicted molar refractivity (Wildman–Crippen MR) is 75.7 cm³/mol. The monoisotopic (exact) mass is 301 g/mol. The van der Waals surface area contributed by atoms with Crippen molar-refractivity contribution in [3.8, 4) is 0 Å². The number of hydrogen-bond acceptors (Lipinski definition) is 5. The van der Waals surface area contributed by atoms with Gasteiger partial charge in [-0.15, -0.1) is 10.2 Å². The summed E-state index contributed by atoms with van der Waals surface area (Å²) in [5, 5.41) is 21.7. The zero-order valence-corrected chi connectivity index (χ0v) is 12.3. The molecule has 0 aromatic carbocycles. The van der Waals surface area contributed by atoms with E-state index in [0.29, 0.717) is 25.1 Å². The van der Waals surface area contributed by atoms with Crippen LogP contribution in [0.1, 0.15) is 12.2 Å². The summed E-state index contributed by atoms with van der Waals surface area (Å²) in [6, 6.07) is -1.35. The van der Waals surface area contributed by atoms with E-state index in [1.807, 2.05) is 13.3 Å². The van der Waals surface area contributed by atoms with Crippen LogP contribution in [0, 0.1) is 0 Å². The lowest BCUT2D eigenvalue weighted by Crippen LogP contribution is -2.46. The molecule has 112 valence electrons. The summed E-state index contributed by atoms with van der Waals surface area (Å²) in [6.07, 6.45) is 4.40. The number of nitrogens with zero attached hydrogens (tertiary/aromatic N) is 3. The Morgan fingerprint density at radius 3 is 2.85 bits per heavy atom. The van der Waals surface area contributed by atoms with Crippen LogP contribution in [-0.4, -0.2) is 56.5 Å². The van der Waals surface area contributed by atoms with Crippen LogP contribution in [0.15, 0.2) is 6.33 Å². The maximum Gasteiger partial charge on any atom is 0.326 e. The zero-order valence-electron chi connectivity index (χ0n) is 11.5. The fraction of sp³-hybridized carbons (Fsp3) is 0.636. The van der Waals surface area contributed by atoms with E-state index in [-0.39, 0.29) is 0 Å². The first kappa shape index (κ1) is 16.3. The third-order valence-electron chi connectivity index (χ3n) is 2.65. The minimum absolute atomic E-state index is 0.368. The molecule has 1 aromatic rings. The number of aliphatic carboxylic acids is 1. The van der Waals surface area contributed by atoms with Crippen LogP contribution in [0.2, 0.25) is 0 Å². The van der Waals surface area contributed by atoms with Crippen molar-refractivity contribution in [1.29, 1.82) is 0 Å². The first-order chi connectivity index (χ1) is 9.54. The molecule has 9 heteroatoms. The van der Waals surface area contributed by atoms with E-state index < -0.39 is 18.0 Å². The quantitative estimate of drug-likeness (QED) is 0.617. The summed E-state index contributed by atoms with van der Waals surface area (Å²) >= 11 is 1.54. The SMILES string of the molecule is CSCCC(NC(=O)NCCc1nncn1C)C(=O)O. The Bertz CT molecular complexity index is 451. The summed E-state index contributed by atoms with van der Waals surface area (Å²) in [4.78, 5) is 22.6. The Labute approximate surface area is 121 Å². The first-order valence-corrected chi connectivity index (χ1v) is 7.53. The third kappa shape index (κ3) is 5.47. The molecule has 20 heavy (non-hydrogen) atoms. The number of aromatic nitrogens is 3. The fourth-order valence-corrected chi connectivity index (χ4v) is 2.00. The summed E-state index contributed by atoms with van der Waals surface area (Å²) < 4.78 is 1.76. The van der Waals surface area contributed by atoms with Gasteiger partial charge >= 0.3 is 12.0 Å². The Morgan fingerprint density at radius 2 is 2.30 bits per heavy atom. The minimum Gasteiger partial charge on any atom is -0.480 e. The third-order valence-corrected chi connectivity index (χ3v) is 3.30. The van der Waals surface area contributed by atoms with E-state index in [1.165, 1.54) is 11.8 Å². The Kier molecular flexibility index (Phi) is 6.85. The van der Waals surface area contributed by atoms with Crippen LogP contribution < -0.4 is 10.6 Å². The Morgan fingerprint density at radius 1 is 1.55 bits per heavy atom. The van der Waals surface area contributed by atoms with E-state index >= 15 is 0 Å². The summed E-state index contributed by atoms with van der Waals surface area (Å²) in [5.41, 5.74) is 0. The highest BCUT2D eigenvalue weighted by Gasteiger charge is 2.18. The lowest BCUT2D eigenvalue weighted by molar-refractivity contribution is -0.139. The molecule has 3 N–H and O–H groups in total. The summed E-state index contributed by atoms with van der Waals surface area (Å²) in [5.74, 6) is 0.404. The number of carboxylic acids is 1. The van der Waals surface area contributed by atoms with Crippen LogP contribution in [0.5, 0.6) is 0 Å². The number of carbonyl (C=O) groups is 2. The largest absolute Gasteiger partial charge is 0.480 e. The van der Waals surface area contributed by atoms with Gasteiger partial charge in [0.05, 0.1) is 0 Å². The van der Waals surface area contributed by atoms with Crippen LogP contribution in [0.25, 0.3) is 0 Å². The second kappa shape index (κ2) is 8.41. The maximum atomic E-state index is 11.6. The molecule has 1 heterocycles. The lowest BCUT2D eigenvalue weighted by Gasteiger charge is -2.14. The zero-order chi connectivity index (χ0) is 15.0. The Hall–Kier alpha value is -1.77. The number of thioether (sulfide) groups is 1. The number of rotatable bonds is 8. The molecule has 0 aliphatic heterocycles. The molecule has 0 saturated heterocycles. The van der Waals surface area contributed by atoms with Gasteiger partial charge in [-0.1, -0.05) is 0 Å². The highest BCUT2D eigenvalue weighted by Crippen LogP contribution is 2.00. The van der Waals surface area contributed by atoms with Gasteiger partial charge in [0, 0.05) is 20.0 Å². The van der Waals surface area contributed by atoms with Crippen LogP contribution in [0.3, 0.4) is 0 Å². The number of urea groups is 1. The van der Waals surface area contributed by atoms with E-state index in [9.17, 15) is 9.59 Å². The molecular weight excluding hydrogens is 282 g/mol. The van der Waals surface area contributed by atoms with Gasteiger partial charge in [0.15, 0.2) is 0 Å². The number of amides is 2. The number of aryl methyl sites for hydroxylation is 1. The van der Waals surface area contributed by atoms with Crippen LogP contribution in [-0.2, 0) is 18.3 Å². The average Bonchev–Trinajstić information content (AvgIpc) is 2.80. The van der Waals surface area contributed by atoms with Crippen LogP contribution >= 0.6 is 11.8 Å². The smallest absolute Gasteiger partial charge is 0.326 e. The highest BCUT2D eigenvalue weighted by atomic mass is 32.2. The van der Waals surface area contributed by atoms with Gasteiger partial charge < -0.3 is 20.3 Å². The van der Waals surface area contributed by atoms with E-state index in [1.54, 1.807) is 10.9 Å². The molecule has 0 aliphatic rings. The lowest BCUT2D eigenvalue weighted by atomic mass is 10.2. The van der Waals surface area contributed by atoms with E-state index in [0.717, 1.165) is 5.82 Å². The molecule has 0 radical (unpaired) electrons. The van der Waals surface area contributed by atoms with Gasteiger partial charge in [0.2, 0.25) is 0 Å². The van der Waals surface area contributed by atoms with Crippen molar-refractivity contribution >= 4 is 23.8 Å². The molecule has 2 amide bonds. The van der Waals surface area contributed by atoms with Gasteiger partial charge in [-0.3, -0.25) is 0 Å². The topological polar surface area (TPSA) is 109 Å². The number of nitrogens with one attached hydrogen (secondary N) is 2. The van der Waals surface area contributed by atoms with E-state index in [4.69, 9.17) is 5.11 Å². The molecule has 1 atom stereocenters. The molecule has 0 bridgehead atoms. The van der Waals surface area contributed by atoms with Gasteiger partial charge in [-0.2, -0.15) is 11.8 Å². The second-order valence-electron chi connectivity index (χ2n) is 4.18. The molecule has 0 spiro atoms. The van der Waals surface area contributed by atoms with Crippen molar-refractivity contribution in [2.45, 2.75) is 18.9 Å². The summed E-state index contributed by atoms with van der Waals surface area (Å²) in [7, 11) is 1.82. The number of carboxylic acid groups (broad SMARTS) is 1. The molecule has 1 aromatic heterocycles. The van der Waals surface area contributed by atoms with Crippen molar-refractivity contribution in [2.24, 2.45) is 7.05 Å². The van der Waals surface area contributed by atoms with Crippen molar-refractivity contribution < 1.29 is 14.7 Å². The Balaban J connectivity index is 2.31. The van der Waals surface area contributed by atoms with Crippen molar-refractivity contribution in [1.82, 2.24) is 25.4 Å². The number of hydrogen-bond donors (Lipinski definition) is 3. The van der Waals surface area contributed by atoms with Crippen molar-refractivity contribution in [3.05, 3.63) is 12.2 Å². The molecule has 1 rings (SSSR count).